The molecule has 3 heterocycles. The average molecular weight is 414 g/mol. The van der Waals surface area contributed by atoms with Crippen molar-refractivity contribution in [3.63, 3.8) is 0 Å². The number of hydrogen-bond acceptors (Lipinski definition) is 4. The zero-order valence-electron chi connectivity index (χ0n) is 19.1. The van der Waals surface area contributed by atoms with Crippen molar-refractivity contribution in [1.29, 1.82) is 0 Å². The van der Waals surface area contributed by atoms with Crippen LogP contribution in [0.3, 0.4) is 0 Å². The Bertz CT molecular complexity index is 721. The fourth-order valence-corrected chi connectivity index (χ4v) is 5.42. The molecule has 0 radical (unpaired) electrons. The predicted octanol–water partition coefficient (Wildman–Crippen LogP) is 3.48. The number of benzene rings is 1. The SMILES string of the molecule is CCN1CCC(O)(CC(=O)N2CCC3(CC2)CN(c2ccc(C(C)C)cc2)C3)CC1. The zero-order valence-corrected chi connectivity index (χ0v) is 19.1. The van der Waals surface area contributed by atoms with Crippen LogP contribution in [0.1, 0.15) is 64.4 Å². The van der Waals surface area contributed by atoms with E-state index in [9.17, 15) is 9.90 Å². The normalized spacial score (nSPS) is 23.6. The molecule has 0 aromatic heterocycles. The molecule has 3 saturated heterocycles. The third-order valence-electron chi connectivity index (χ3n) is 7.87. The number of anilines is 1. The maximum Gasteiger partial charge on any atom is 0.225 e. The van der Waals surface area contributed by atoms with Crippen LogP contribution in [0.25, 0.3) is 0 Å². The van der Waals surface area contributed by atoms with Crippen LogP contribution < -0.4 is 4.90 Å². The fraction of sp³-hybridized carbons (Fsp3) is 0.720. The molecule has 0 unspecified atom stereocenters. The molecule has 1 N–H and O–H groups in total. The molecule has 1 aromatic carbocycles. The van der Waals surface area contributed by atoms with Crippen LogP contribution in [-0.2, 0) is 4.79 Å². The largest absolute Gasteiger partial charge is 0.389 e. The number of hydrogen-bond donors (Lipinski definition) is 1. The minimum atomic E-state index is -0.798. The number of carbonyl (C=O) groups excluding carboxylic acids is 1. The van der Waals surface area contributed by atoms with Gasteiger partial charge in [-0.25, -0.2) is 0 Å². The van der Waals surface area contributed by atoms with E-state index in [1.165, 1.54) is 11.3 Å². The molecule has 166 valence electrons. The van der Waals surface area contributed by atoms with Gasteiger partial charge in [-0.3, -0.25) is 4.79 Å². The summed E-state index contributed by atoms with van der Waals surface area (Å²) in [6.45, 7) is 13.3. The van der Waals surface area contributed by atoms with Gasteiger partial charge >= 0.3 is 0 Å². The summed E-state index contributed by atoms with van der Waals surface area (Å²) in [6.07, 6.45) is 3.90. The highest BCUT2D eigenvalue weighted by Crippen LogP contribution is 2.43. The fourth-order valence-electron chi connectivity index (χ4n) is 5.42. The van der Waals surface area contributed by atoms with E-state index in [1.54, 1.807) is 0 Å². The van der Waals surface area contributed by atoms with Gasteiger partial charge in [0, 0.05) is 50.4 Å². The Balaban J connectivity index is 1.24. The molecular weight excluding hydrogens is 374 g/mol. The maximum absolute atomic E-state index is 12.9. The predicted molar refractivity (Wildman–Crippen MR) is 122 cm³/mol. The van der Waals surface area contributed by atoms with E-state index in [0.717, 1.165) is 71.5 Å². The van der Waals surface area contributed by atoms with Crippen molar-refractivity contribution in [2.24, 2.45) is 5.41 Å². The van der Waals surface area contributed by atoms with Gasteiger partial charge < -0.3 is 19.8 Å². The second-order valence-corrected chi connectivity index (χ2v) is 10.3. The van der Waals surface area contributed by atoms with E-state index in [2.05, 4.69) is 54.8 Å². The summed E-state index contributed by atoms with van der Waals surface area (Å²) in [7, 11) is 0. The van der Waals surface area contributed by atoms with Gasteiger partial charge in [0.05, 0.1) is 12.0 Å². The average Bonchev–Trinajstić information content (AvgIpc) is 2.72. The Morgan fingerprint density at radius 3 is 2.13 bits per heavy atom. The monoisotopic (exact) mass is 413 g/mol. The van der Waals surface area contributed by atoms with Gasteiger partial charge in [0.25, 0.3) is 0 Å². The second-order valence-electron chi connectivity index (χ2n) is 10.3. The van der Waals surface area contributed by atoms with E-state index in [4.69, 9.17) is 0 Å². The molecule has 1 spiro atoms. The molecule has 3 fully saturated rings. The lowest BCUT2D eigenvalue weighted by atomic mass is 9.71. The molecule has 30 heavy (non-hydrogen) atoms. The first-order valence-corrected chi connectivity index (χ1v) is 11.9. The third kappa shape index (κ3) is 4.52. The molecule has 5 heteroatoms. The number of amides is 1. The van der Waals surface area contributed by atoms with Crippen molar-refractivity contribution in [2.45, 2.75) is 64.4 Å². The zero-order chi connectivity index (χ0) is 21.4. The van der Waals surface area contributed by atoms with Crippen LogP contribution in [0, 0.1) is 5.41 Å². The van der Waals surface area contributed by atoms with E-state index in [1.807, 2.05) is 4.90 Å². The number of nitrogens with zero attached hydrogens (tertiary/aromatic N) is 3. The van der Waals surface area contributed by atoms with Gasteiger partial charge in [-0.05, 0) is 55.8 Å². The van der Waals surface area contributed by atoms with Crippen LogP contribution in [0.4, 0.5) is 5.69 Å². The molecule has 0 atom stereocenters. The van der Waals surface area contributed by atoms with Crippen molar-refractivity contribution < 1.29 is 9.90 Å². The molecule has 4 rings (SSSR count). The van der Waals surface area contributed by atoms with Gasteiger partial charge in [-0.15, -0.1) is 0 Å². The van der Waals surface area contributed by atoms with Crippen molar-refractivity contribution in [3.8, 4) is 0 Å². The second kappa shape index (κ2) is 8.51. The minimum Gasteiger partial charge on any atom is -0.389 e. The molecule has 0 aliphatic carbocycles. The summed E-state index contributed by atoms with van der Waals surface area (Å²) < 4.78 is 0. The lowest BCUT2D eigenvalue weighted by molar-refractivity contribution is -0.141. The van der Waals surface area contributed by atoms with Crippen LogP contribution in [-0.4, -0.2) is 72.2 Å². The van der Waals surface area contributed by atoms with Crippen molar-refractivity contribution in [3.05, 3.63) is 29.8 Å². The van der Waals surface area contributed by atoms with Crippen molar-refractivity contribution in [1.82, 2.24) is 9.80 Å². The maximum atomic E-state index is 12.9. The first-order chi connectivity index (χ1) is 14.3. The molecule has 5 nitrogen and oxygen atoms in total. The Hall–Kier alpha value is -1.59. The van der Waals surface area contributed by atoms with Gasteiger partial charge in [-0.2, -0.15) is 0 Å². The summed E-state index contributed by atoms with van der Waals surface area (Å²) in [5.74, 6) is 0.721. The summed E-state index contributed by atoms with van der Waals surface area (Å²) in [5, 5.41) is 10.9. The molecule has 1 aromatic rings. The molecular formula is C25H39N3O2. The number of carbonyl (C=O) groups is 1. The third-order valence-corrected chi connectivity index (χ3v) is 7.87. The number of piperidine rings is 2. The summed E-state index contributed by atoms with van der Waals surface area (Å²) in [6, 6.07) is 9.01. The van der Waals surface area contributed by atoms with Crippen LogP contribution in [0.5, 0.6) is 0 Å². The standard InChI is InChI=1S/C25H39N3O2/c1-4-26-13-11-25(30,12-14-26)17-23(29)27-15-9-24(10-16-27)18-28(19-24)22-7-5-21(6-8-22)20(2)3/h5-8,20,30H,4,9-19H2,1-3H3. The van der Waals surface area contributed by atoms with Gasteiger partial charge in [0.15, 0.2) is 0 Å². The van der Waals surface area contributed by atoms with E-state index in [0.29, 0.717) is 17.8 Å². The highest BCUT2D eigenvalue weighted by Gasteiger charge is 2.46. The smallest absolute Gasteiger partial charge is 0.225 e. The molecule has 0 saturated carbocycles. The van der Waals surface area contributed by atoms with Gasteiger partial charge in [0.1, 0.15) is 0 Å². The first-order valence-electron chi connectivity index (χ1n) is 11.9. The van der Waals surface area contributed by atoms with Crippen LogP contribution in [0.15, 0.2) is 24.3 Å². The lowest BCUT2D eigenvalue weighted by Crippen LogP contribution is -2.61. The quantitative estimate of drug-likeness (QED) is 0.803. The topological polar surface area (TPSA) is 47.0 Å². The van der Waals surface area contributed by atoms with Crippen molar-refractivity contribution >= 4 is 11.6 Å². The van der Waals surface area contributed by atoms with Crippen molar-refractivity contribution in [2.75, 3.05) is 50.7 Å². The summed E-state index contributed by atoms with van der Waals surface area (Å²) in [4.78, 5) is 19.7. The molecule has 3 aliphatic heterocycles. The Kier molecular flexibility index (Phi) is 6.13. The molecule has 0 bridgehead atoms. The van der Waals surface area contributed by atoms with Crippen LogP contribution in [0.2, 0.25) is 0 Å². The Morgan fingerprint density at radius 2 is 1.60 bits per heavy atom. The van der Waals surface area contributed by atoms with E-state index in [-0.39, 0.29) is 5.91 Å². The number of aliphatic hydroxyl groups is 1. The Labute approximate surface area is 182 Å². The molecule has 3 aliphatic rings. The molecule has 1 amide bonds. The summed E-state index contributed by atoms with van der Waals surface area (Å²) >= 11 is 0. The highest BCUT2D eigenvalue weighted by atomic mass is 16.3. The van der Waals surface area contributed by atoms with Crippen LogP contribution >= 0.6 is 0 Å². The first kappa shape index (κ1) is 21.6. The van der Waals surface area contributed by atoms with Gasteiger partial charge in [-0.1, -0.05) is 32.9 Å². The van der Waals surface area contributed by atoms with E-state index < -0.39 is 5.60 Å². The summed E-state index contributed by atoms with van der Waals surface area (Å²) in [5.41, 5.74) is 2.29. The minimum absolute atomic E-state index is 0.151. The Morgan fingerprint density at radius 1 is 1.00 bits per heavy atom. The highest BCUT2D eigenvalue weighted by molar-refractivity contribution is 5.77. The van der Waals surface area contributed by atoms with E-state index >= 15 is 0 Å². The lowest BCUT2D eigenvalue weighted by Gasteiger charge is -2.55. The van der Waals surface area contributed by atoms with Gasteiger partial charge in [0.2, 0.25) is 5.91 Å². The number of likely N-dealkylation sites (tertiary alicyclic amines) is 2. The number of rotatable bonds is 5.